The third-order valence-corrected chi connectivity index (χ3v) is 6.88. The van der Waals surface area contributed by atoms with E-state index < -0.39 is 11.5 Å². The molecule has 37 heavy (non-hydrogen) atoms. The zero-order chi connectivity index (χ0) is 26.0. The Bertz CT molecular complexity index is 1450. The number of nitrogens with zero attached hydrogens (tertiary/aromatic N) is 6. The highest BCUT2D eigenvalue weighted by Gasteiger charge is 2.43. The molecule has 11 nitrogen and oxygen atoms in total. The van der Waals surface area contributed by atoms with Crippen LogP contribution in [0.1, 0.15) is 31.7 Å². The Hall–Kier alpha value is -3.84. The molecule has 0 bridgehead atoms. The Morgan fingerprint density at radius 3 is 2.84 bits per heavy atom. The average Bonchev–Trinajstić information content (AvgIpc) is 3.37. The van der Waals surface area contributed by atoms with Crippen molar-refractivity contribution >= 4 is 39.5 Å². The number of amidine groups is 1. The first-order valence-corrected chi connectivity index (χ1v) is 12.2. The van der Waals surface area contributed by atoms with E-state index in [2.05, 4.69) is 35.2 Å². The minimum absolute atomic E-state index is 0.126. The van der Waals surface area contributed by atoms with E-state index in [0.29, 0.717) is 58.1 Å². The topological polar surface area (TPSA) is 146 Å². The number of rotatable bonds is 8. The van der Waals surface area contributed by atoms with Crippen LogP contribution in [0, 0.1) is 5.95 Å². The number of aromatic nitrogens is 5. The summed E-state index contributed by atoms with van der Waals surface area (Å²) in [6.07, 6.45) is 7.99. The molecule has 5 heterocycles. The lowest BCUT2D eigenvalue weighted by Gasteiger charge is -2.40. The number of aliphatic imine (C=N–C) groups is 1. The second-order valence-corrected chi connectivity index (χ2v) is 10.6. The van der Waals surface area contributed by atoms with Crippen LogP contribution in [0.5, 0.6) is 5.88 Å². The number of hydrogen-bond acceptors (Lipinski definition) is 12. The lowest BCUT2D eigenvalue weighted by molar-refractivity contribution is 0.157. The van der Waals surface area contributed by atoms with Gasteiger partial charge in [0.15, 0.2) is 17.6 Å². The standard InChI is InChI=1S/C24H25FN8O3S/c1-23(13-34-3)12-24(2,33-22(26)37-23)15-8-14(9-30-20(15)25)31-21-19-16(4-5-28-21)32-17(10-29-19)36-11-18-27-6-7-35-18/h4-10H,11-13H2,1-3H3,(H2,26,33)(H,28,31)/t23-,24+/m1/s1. The molecule has 5 rings (SSSR count). The van der Waals surface area contributed by atoms with E-state index in [-0.39, 0.29) is 11.4 Å². The van der Waals surface area contributed by atoms with Crippen molar-refractivity contribution in [2.24, 2.45) is 10.7 Å². The van der Waals surface area contributed by atoms with Crippen LogP contribution in [0.4, 0.5) is 15.9 Å². The summed E-state index contributed by atoms with van der Waals surface area (Å²) in [5.41, 5.74) is 7.11. The highest BCUT2D eigenvalue weighted by Crippen LogP contribution is 2.46. The summed E-state index contributed by atoms with van der Waals surface area (Å²) in [6, 6.07) is 3.39. The maximum atomic E-state index is 15.0. The fourth-order valence-electron chi connectivity index (χ4n) is 4.44. The van der Waals surface area contributed by atoms with Crippen molar-refractivity contribution < 1.29 is 18.3 Å². The molecule has 0 saturated carbocycles. The van der Waals surface area contributed by atoms with Gasteiger partial charge in [0, 0.05) is 23.6 Å². The first-order chi connectivity index (χ1) is 17.8. The molecule has 0 amide bonds. The molecule has 0 aromatic carbocycles. The van der Waals surface area contributed by atoms with Gasteiger partial charge in [-0.05, 0) is 32.4 Å². The van der Waals surface area contributed by atoms with Crippen molar-refractivity contribution in [3.05, 3.63) is 60.6 Å². The first kappa shape index (κ1) is 24.8. The number of halogens is 1. The van der Waals surface area contributed by atoms with Crippen molar-refractivity contribution in [1.82, 2.24) is 24.9 Å². The quantitative estimate of drug-likeness (QED) is 0.323. The molecule has 0 spiro atoms. The van der Waals surface area contributed by atoms with Gasteiger partial charge >= 0.3 is 0 Å². The van der Waals surface area contributed by atoms with Gasteiger partial charge in [-0.25, -0.2) is 24.9 Å². The summed E-state index contributed by atoms with van der Waals surface area (Å²) in [5.74, 6) is 0.554. The van der Waals surface area contributed by atoms with Crippen molar-refractivity contribution in [3.63, 3.8) is 0 Å². The number of thioether (sulfide) groups is 1. The van der Waals surface area contributed by atoms with E-state index in [1.807, 2.05) is 13.8 Å². The van der Waals surface area contributed by atoms with Gasteiger partial charge in [0.05, 0.1) is 41.9 Å². The number of oxazole rings is 1. The lowest BCUT2D eigenvalue weighted by atomic mass is 9.84. The predicted octanol–water partition coefficient (Wildman–Crippen LogP) is 3.94. The van der Waals surface area contributed by atoms with Crippen molar-refractivity contribution in [2.45, 2.75) is 37.2 Å². The van der Waals surface area contributed by atoms with Gasteiger partial charge in [0.1, 0.15) is 11.8 Å². The maximum Gasteiger partial charge on any atom is 0.233 e. The van der Waals surface area contributed by atoms with Crippen LogP contribution in [-0.2, 0) is 16.9 Å². The molecule has 1 aliphatic heterocycles. The van der Waals surface area contributed by atoms with Crippen LogP contribution >= 0.6 is 11.8 Å². The van der Waals surface area contributed by atoms with Gasteiger partial charge in [0.2, 0.25) is 17.7 Å². The Labute approximate surface area is 216 Å². The number of nitrogens with two attached hydrogens (primary N) is 1. The molecule has 4 aromatic heterocycles. The molecular weight excluding hydrogens is 499 g/mol. The molecule has 0 aliphatic carbocycles. The highest BCUT2D eigenvalue weighted by atomic mass is 32.2. The van der Waals surface area contributed by atoms with Crippen molar-refractivity contribution in [3.8, 4) is 5.88 Å². The summed E-state index contributed by atoms with van der Waals surface area (Å²) >= 11 is 1.43. The molecule has 192 valence electrons. The van der Waals surface area contributed by atoms with E-state index in [0.717, 1.165) is 0 Å². The molecule has 2 atom stereocenters. The van der Waals surface area contributed by atoms with Crippen LogP contribution in [-0.4, -0.2) is 48.6 Å². The van der Waals surface area contributed by atoms with Gasteiger partial charge in [-0.1, -0.05) is 11.8 Å². The summed E-state index contributed by atoms with van der Waals surface area (Å²) in [5, 5.41) is 3.56. The number of hydrogen-bond donors (Lipinski definition) is 2. The molecule has 13 heteroatoms. The predicted molar refractivity (Wildman–Crippen MR) is 137 cm³/mol. The zero-order valence-electron chi connectivity index (χ0n) is 20.4. The number of pyridine rings is 2. The summed E-state index contributed by atoms with van der Waals surface area (Å²) < 4.78 is 30.8. The van der Waals surface area contributed by atoms with Crippen LogP contribution < -0.4 is 15.8 Å². The van der Waals surface area contributed by atoms with Crippen LogP contribution in [0.3, 0.4) is 0 Å². The monoisotopic (exact) mass is 524 g/mol. The summed E-state index contributed by atoms with van der Waals surface area (Å²) in [4.78, 5) is 25.9. The van der Waals surface area contributed by atoms with Crippen molar-refractivity contribution in [2.75, 3.05) is 19.0 Å². The number of fused-ring (bicyclic) bond motifs is 1. The maximum absolute atomic E-state index is 15.0. The molecule has 0 saturated heterocycles. The number of nitrogens with one attached hydrogen (secondary N) is 1. The second-order valence-electron chi connectivity index (χ2n) is 9.02. The van der Waals surface area contributed by atoms with E-state index in [1.54, 1.807) is 25.4 Å². The largest absolute Gasteiger partial charge is 0.467 e. The molecule has 0 fully saturated rings. The first-order valence-electron chi connectivity index (χ1n) is 11.4. The highest BCUT2D eigenvalue weighted by molar-refractivity contribution is 8.15. The van der Waals surface area contributed by atoms with Crippen molar-refractivity contribution in [1.29, 1.82) is 0 Å². The van der Waals surface area contributed by atoms with Crippen LogP contribution in [0.15, 0.2) is 52.6 Å². The zero-order valence-corrected chi connectivity index (χ0v) is 21.3. The number of anilines is 2. The smallest absolute Gasteiger partial charge is 0.233 e. The van der Waals surface area contributed by atoms with E-state index >= 15 is 4.39 Å². The van der Waals surface area contributed by atoms with E-state index in [9.17, 15) is 0 Å². The third kappa shape index (κ3) is 5.32. The molecule has 0 radical (unpaired) electrons. The Kier molecular flexibility index (Phi) is 6.65. The van der Waals surface area contributed by atoms with Gasteiger partial charge in [0.25, 0.3) is 0 Å². The normalized spacial score (nSPS) is 21.6. The van der Waals surface area contributed by atoms with Crippen LogP contribution in [0.25, 0.3) is 11.0 Å². The fraction of sp³-hybridized carbons (Fsp3) is 0.333. The minimum atomic E-state index is -0.932. The van der Waals surface area contributed by atoms with Gasteiger partial charge in [-0.3, -0.25) is 4.99 Å². The molecule has 0 unspecified atom stereocenters. The molecule has 3 N–H and O–H groups in total. The minimum Gasteiger partial charge on any atom is -0.467 e. The lowest BCUT2D eigenvalue weighted by Crippen LogP contribution is -2.43. The van der Waals surface area contributed by atoms with E-state index in [4.69, 9.17) is 19.6 Å². The van der Waals surface area contributed by atoms with E-state index in [1.165, 1.54) is 36.6 Å². The fourth-order valence-corrected chi connectivity index (χ4v) is 5.73. The summed E-state index contributed by atoms with van der Waals surface area (Å²) in [6.45, 7) is 4.44. The molecule has 4 aromatic rings. The number of ether oxygens (including phenoxy) is 2. The van der Waals surface area contributed by atoms with Gasteiger partial charge in [-0.15, -0.1) is 0 Å². The SMILES string of the molecule is COC[C@@]1(C)C[C@@](C)(c2cc(Nc3nccc4nc(OCc5ncco5)cnc34)cnc2F)N=C(N)S1. The molecule has 1 aliphatic rings. The average molecular weight is 525 g/mol. The Morgan fingerprint density at radius 2 is 2.05 bits per heavy atom. The van der Waals surface area contributed by atoms with Gasteiger partial charge < -0.3 is 24.9 Å². The Balaban J connectivity index is 1.42. The number of methoxy groups -OCH3 is 1. The second kappa shape index (κ2) is 9.90. The Morgan fingerprint density at radius 1 is 1.19 bits per heavy atom. The molecular formula is C24H25FN8O3S. The van der Waals surface area contributed by atoms with Gasteiger partial charge in [-0.2, -0.15) is 4.39 Å². The third-order valence-electron chi connectivity index (χ3n) is 5.82. The van der Waals surface area contributed by atoms with Crippen LogP contribution in [0.2, 0.25) is 0 Å². The summed E-state index contributed by atoms with van der Waals surface area (Å²) in [7, 11) is 1.63.